The third-order valence-electron chi connectivity index (χ3n) is 5.80. The predicted molar refractivity (Wildman–Crippen MR) is 125 cm³/mol. The number of hydrogen-bond acceptors (Lipinski definition) is 4. The van der Waals surface area contributed by atoms with Gasteiger partial charge in [0.1, 0.15) is 10.7 Å². The van der Waals surface area contributed by atoms with E-state index in [2.05, 4.69) is 5.32 Å². The minimum absolute atomic E-state index is 0.118. The van der Waals surface area contributed by atoms with Crippen LogP contribution in [0.1, 0.15) is 37.0 Å². The summed E-state index contributed by atoms with van der Waals surface area (Å²) in [5.74, 6) is -1.62. The van der Waals surface area contributed by atoms with E-state index in [4.69, 9.17) is 11.6 Å². The van der Waals surface area contributed by atoms with E-state index in [1.807, 2.05) is 13.8 Å². The van der Waals surface area contributed by atoms with E-state index in [1.54, 1.807) is 17.0 Å². The Bertz CT molecular complexity index is 1130. The minimum atomic E-state index is -3.96. The Balaban J connectivity index is 1.62. The van der Waals surface area contributed by atoms with Crippen LogP contribution >= 0.6 is 11.6 Å². The highest BCUT2D eigenvalue weighted by molar-refractivity contribution is 7.89. The van der Waals surface area contributed by atoms with Crippen molar-refractivity contribution in [1.82, 2.24) is 9.21 Å². The van der Waals surface area contributed by atoms with Crippen LogP contribution in [0.25, 0.3) is 0 Å². The van der Waals surface area contributed by atoms with Gasteiger partial charge in [-0.05, 0) is 57.0 Å². The van der Waals surface area contributed by atoms with E-state index in [0.29, 0.717) is 37.2 Å². The molecule has 1 fully saturated rings. The molecule has 0 unspecified atom stereocenters. The Hall–Kier alpha value is -2.49. The Morgan fingerprint density at radius 1 is 1.12 bits per heavy atom. The van der Waals surface area contributed by atoms with Crippen LogP contribution in [-0.4, -0.2) is 55.6 Å². The molecule has 1 aliphatic rings. The molecule has 1 heterocycles. The quantitative estimate of drug-likeness (QED) is 0.629. The van der Waals surface area contributed by atoms with Crippen LogP contribution in [-0.2, 0) is 14.8 Å². The molecule has 0 spiro atoms. The molecule has 3 rings (SSSR count). The van der Waals surface area contributed by atoms with E-state index >= 15 is 0 Å². The van der Waals surface area contributed by atoms with Crippen molar-refractivity contribution in [2.24, 2.45) is 5.92 Å². The molecule has 7 nitrogen and oxygen atoms in total. The zero-order valence-corrected chi connectivity index (χ0v) is 20.1. The molecule has 10 heteroatoms. The fourth-order valence-electron chi connectivity index (χ4n) is 3.84. The Labute approximate surface area is 198 Å². The number of nitrogens with one attached hydrogen (secondary N) is 1. The van der Waals surface area contributed by atoms with Crippen molar-refractivity contribution in [2.75, 3.05) is 31.5 Å². The van der Waals surface area contributed by atoms with Crippen LogP contribution in [0.5, 0.6) is 0 Å². The number of benzene rings is 2. The molecule has 178 valence electrons. The fourth-order valence-corrected chi connectivity index (χ4v) is 5.64. The molecule has 0 aromatic heterocycles. The SMILES string of the molecule is CCN(CC)C(=O)c1ccc(NC(=O)C2CCN(S(=O)(=O)c3ccccc3F)CC2)cc1Cl. The normalized spacial score (nSPS) is 15.3. The smallest absolute Gasteiger partial charge is 0.255 e. The maximum absolute atomic E-state index is 14.0. The largest absolute Gasteiger partial charge is 0.339 e. The molecule has 0 atom stereocenters. The first-order valence-corrected chi connectivity index (χ1v) is 12.6. The summed E-state index contributed by atoms with van der Waals surface area (Å²) >= 11 is 6.29. The molecule has 2 amide bonds. The van der Waals surface area contributed by atoms with Crippen molar-refractivity contribution in [1.29, 1.82) is 0 Å². The molecular weight excluding hydrogens is 469 g/mol. The molecule has 33 heavy (non-hydrogen) atoms. The summed E-state index contributed by atoms with van der Waals surface area (Å²) in [6.07, 6.45) is 0.623. The molecular formula is C23H27ClFN3O4S. The van der Waals surface area contributed by atoms with Crippen molar-refractivity contribution < 1.29 is 22.4 Å². The van der Waals surface area contributed by atoms with E-state index in [9.17, 15) is 22.4 Å². The van der Waals surface area contributed by atoms with Crippen LogP contribution in [0.2, 0.25) is 5.02 Å². The number of anilines is 1. The van der Waals surface area contributed by atoms with Crippen molar-refractivity contribution in [2.45, 2.75) is 31.6 Å². The first-order chi connectivity index (χ1) is 15.7. The van der Waals surface area contributed by atoms with Gasteiger partial charge in [0.05, 0.1) is 10.6 Å². The van der Waals surface area contributed by atoms with E-state index in [1.165, 1.54) is 28.6 Å². The van der Waals surface area contributed by atoms with Crippen molar-refractivity contribution in [3.8, 4) is 0 Å². The summed E-state index contributed by atoms with van der Waals surface area (Å²) in [5, 5.41) is 3.04. The van der Waals surface area contributed by atoms with Crippen molar-refractivity contribution in [3.63, 3.8) is 0 Å². The van der Waals surface area contributed by atoms with Crippen molar-refractivity contribution >= 4 is 39.1 Å². The third kappa shape index (κ3) is 5.54. The van der Waals surface area contributed by atoms with Gasteiger partial charge < -0.3 is 10.2 Å². The molecule has 2 aromatic rings. The second kappa shape index (κ2) is 10.6. The summed E-state index contributed by atoms with van der Waals surface area (Å²) in [5.41, 5.74) is 0.826. The number of amides is 2. The standard InChI is InChI=1S/C23H27ClFN3O4S/c1-3-27(4-2)23(30)18-10-9-17(15-19(18)24)26-22(29)16-11-13-28(14-12-16)33(31,32)21-8-6-5-7-20(21)25/h5-10,15-16H,3-4,11-14H2,1-2H3,(H,26,29). The van der Waals surface area contributed by atoms with Crippen LogP contribution in [0.3, 0.4) is 0 Å². The third-order valence-corrected chi connectivity index (χ3v) is 8.04. The summed E-state index contributed by atoms with van der Waals surface area (Å²) in [6, 6.07) is 10.0. The molecule has 0 bridgehead atoms. The first-order valence-electron chi connectivity index (χ1n) is 10.8. The number of rotatable bonds is 7. The monoisotopic (exact) mass is 495 g/mol. The number of sulfonamides is 1. The zero-order valence-electron chi connectivity index (χ0n) is 18.6. The molecule has 2 aromatic carbocycles. The van der Waals surface area contributed by atoms with Crippen LogP contribution in [0.4, 0.5) is 10.1 Å². The zero-order chi connectivity index (χ0) is 24.2. The summed E-state index contributed by atoms with van der Waals surface area (Å²) in [7, 11) is -3.96. The molecule has 1 aliphatic heterocycles. The second-order valence-electron chi connectivity index (χ2n) is 7.77. The predicted octanol–water partition coefficient (Wildman–Crippen LogP) is 4.00. The lowest BCUT2D eigenvalue weighted by Crippen LogP contribution is -2.41. The van der Waals surface area contributed by atoms with E-state index in [0.717, 1.165) is 6.07 Å². The highest BCUT2D eigenvalue weighted by Crippen LogP contribution is 2.27. The van der Waals surface area contributed by atoms with Crippen molar-refractivity contribution in [3.05, 3.63) is 58.9 Å². The summed E-state index contributed by atoms with van der Waals surface area (Å²) in [6.45, 7) is 5.14. The summed E-state index contributed by atoms with van der Waals surface area (Å²) < 4.78 is 40.6. The van der Waals surface area contributed by atoms with Gasteiger partial charge in [-0.15, -0.1) is 0 Å². The molecule has 0 saturated carbocycles. The topological polar surface area (TPSA) is 86.8 Å². The summed E-state index contributed by atoms with van der Waals surface area (Å²) in [4.78, 5) is 26.5. The average Bonchev–Trinajstić information content (AvgIpc) is 2.80. The average molecular weight is 496 g/mol. The van der Waals surface area contributed by atoms with Gasteiger partial charge in [0, 0.05) is 37.8 Å². The minimum Gasteiger partial charge on any atom is -0.339 e. The lowest BCUT2D eigenvalue weighted by molar-refractivity contribution is -0.120. The first kappa shape index (κ1) is 25.1. The van der Waals surface area contributed by atoms with E-state index in [-0.39, 0.29) is 34.8 Å². The number of halogens is 2. The molecule has 0 radical (unpaired) electrons. The van der Waals surface area contributed by atoms with Crippen LogP contribution in [0.15, 0.2) is 47.4 Å². The van der Waals surface area contributed by atoms with Gasteiger partial charge in [0.25, 0.3) is 5.91 Å². The van der Waals surface area contributed by atoms with Gasteiger partial charge in [-0.3, -0.25) is 9.59 Å². The highest BCUT2D eigenvalue weighted by atomic mass is 35.5. The lowest BCUT2D eigenvalue weighted by atomic mass is 9.97. The van der Waals surface area contributed by atoms with Crippen LogP contribution < -0.4 is 5.32 Å². The van der Waals surface area contributed by atoms with Gasteiger partial charge in [-0.1, -0.05) is 23.7 Å². The molecule has 1 saturated heterocycles. The van der Waals surface area contributed by atoms with Gasteiger partial charge in [-0.25, -0.2) is 12.8 Å². The fraction of sp³-hybridized carbons (Fsp3) is 0.391. The highest BCUT2D eigenvalue weighted by Gasteiger charge is 2.33. The van der Waals surface area contributed by atoms with Gasteiger partial charge >= 0.3 is 0 Å². The van der Waals surface area contributed by atoms with E-state index < -0.39 is 21.8 Å². The maximum atomic E-state index is 14.0. The van der Waals surface area contributed by atoms with Gasteiger partial charge in [0.15, 0.2) is 0 Å². The number of hydrogen-bond donors (Lipinski definition) is 1. The van der Waals surface area contributed by atoms with Gasteiger partial charge in [0.2, 0.25) is 15.9 Å². The molecule has 0 aliphatic carbocycles. The Morgan fingerprint density at radius 2 is 1.76 bits per heavy atom. The van der Waals surface area contributed by atoms with Gasteiger partial charge in [-0.2, -0.15) is 4.31 Å². The number of piperidine rings is 1. The maximum Gasteiger partial charge on any atom is 0.255 e. The Morgan fingerprint density at radius 3 is 2.33 bits per heavy atom. The number of nitrogens with zero attached hydrogens (tertiary/aromatic N) is 2. The number of carbonyl (C=O) groups is 2. The lowest BCUT2D eigenvalue weighted by Gasteiger charge is -2.30. The second-order valence-corrected chi connectivity index (χ2v) is 10.1. The molecule has 1 N–H and O–H groups in total. The number of carbonyl (C=O) groups excluding carboxylic acids is 2. The Kier molecular flexibility index (Phi) is 8.10. The van der Waals surface area contributed by atoms with Crippen LogP contribution in [0, 0.1) is 11.7 Å².